The maximum absolute atomic E-state index is 2.34. The van der Waals surface area contributed by atoms with Gasteiger partial charge in [0, 0.05) is 5.41 Å². The Bertz CT molecular complexity index is 717. The van der Waals surface area contributed by atoms with E-state index in [1.54, 1.807) is 0 Å². The monoisotopic (exact) mass is 314 g/mol. The minimum absolute atomic E-state index is 0.139. The van der Waals surface area contributed by atoms with E-state index in [4.69, 9.17) is 0 Å². The largest absolute Gasteiger partial charge is 0.0622 e. The van der Waals surface area contributed by atoms with Gasteiger partial charge in [0.05, 0.1) is 0 Å². The van der Waals surface area contributed by atoms with Crippen molar-refractivity contribution in [1.82, 2.24) is 0 Å². The summed E-state index contributed by atoms with van der Waals surface area (Å²) in [5.41, 5.74) is 6.65. The van der Waals surface area contributed by atoms with E-state index in [9.17, 15) is 0 Å². The van der Waals surface area contributed by atoms with Crippen LogP contribution in [0.5, 0.6) is 0 Å². The minimum Gasteiger partial charge on any atom is -0.0622 e. The third-order valence-corrected chi connectivity index (χ3v) is 5.23. The second kappa shape index (κ2) is 7.05. The second-order valence-corrected chi connectivity index (χ2v) is 6.59. The zero-order chi connectivity index (χ0) is 17.0. The third-order valence-electron chi connectivity index (χ3n) is 5.23. The third kappa shape index (κ3) is 3.01. The van der Waals surface area contributed by atoms with Crippen molar-refractivity contribution in [3.63, 3.8) is 0 Å². The van der Waals surface area contributed by atoms with Gasteiger partial charge in [0.15, 0.2) is 0 Å². The molecule has 0 fully saturated rings. The molecule has 24 heavy (non-hydrogen) atoms. The van der Waals surface area contributed by atoms with Gasteiger partial charge in [-0.2, -0.15) is 0 Å². The molecular formula is C24H26. The minimum atomic E-state index is -0.139. The Morgan fingerprint density at radius 1 is 0.542 bits per heavy atom. The summed E-state index contributed by atoms with van der Waals surface area (Å²) in [6.45, 7) is 6.74. The van der Waals surface area contributed by atoms with E-state index in [-0.39, 0.29) is 5.41 Å². The first-order chi connectivity index (χ1) is 11.7. The van der Waals surface area contributed by atoms with Crippen molar-refractivity contribution < 1.29 is 0 Å². The van der Waals surface area contributed by atoms with Gasteiger partial charge in [-0.05, 0) is 47.6 Å². The van der Waals surface area contributed by atoms with E-state index in [1.165, 1.54) is 27.8 Å². The summed E-state index contributed by atoms with van der Waals surface area (Å²) >= 11 is 0. The highest BCUT2D eigenvalue weighted by Gasteiger charge is 2.30. The lowest BCUT2D eigenvalue weighted by molar-refractivity contribution is 0.691. The quantitative estimate of drug-likeness (QED) is 0.494. The van der Waals surface area contributed by atoms with Crippen LogP contribution in [-0.4, -0.2) is 0 Å². The Kier molecular flexibility index (Phi) is 4.85. The molecule has 122 valence electrons. The highest BCUT2D eigenvalue weighted by molar-refractivity contribution is 5.50. The van der Waals surface area contributed by atoms with E-state index in [0.717, 1.165) is 12.8 Å². The van der Waals surface area contributed by atoms with Crippen molar-refractivity contribution in [2.24, 2.45) is 0 Å². The topological polar surface area (TPSA) is 0 Å². The normalized spacial score (nSPS) is 11.5. The Hall–Kier alpha value is -2.34. The predicted octanol–water partition coefficient (Wildman–Crippen LogP) is 6.17. The van der Waals surface area contributed by atoms with Crippen LogP contribution in [-0.2, 0) is 18.3 Å². The average molecular weight is 314 g/mol. The van der Waals surface area contributed by atoms with Crippen molar-refractivity contribution >= 4 is 0 Å². The van der Waals surface area contributed by atoms with E-state index >= 15 is 0 Å². The molecule has 0 N–H and O–H groups in total. The number of benzene rings is 3. The highest BCUT2D eigenvalue weighted by atomic mass is 14.3. The molecule has 0 heterocycles. The molecule has 0 spiro atoms. The highest BCUT2D eigenvalue weighted by Crippen LogP contribution is 2.38. The van der Waals surface area contributed by atoms with Gasteiger partial charge in [-0.3, -0.25) is 0 Å². The summed E-state index contributed by atoms with van der Waals surface area (Å²) < 4.78 is 0. The van der Waals surface area contributed by atoms with Crippen LogP contribution in [0.3, 0.4) is 0 Å². The van der Waals surface area contributed by atoms with Crippen LogP contribution in [0.2, 0.25) is 0 Å². The first-order valence-electron chi connectivity index (χ1n) is 8.92. The molecule has 0 bridgehead atoms. The van der Waals surface area contributed by atoms with Gasteiger partial charge in [-0.15, -0.1) is 0 Å². The Balaban J connectivity index is 2.16. The Morgan fingerprint density at radius 3 is 1.29 bits per heavy atom. The van der Waals surface area contributed by atoms with Crippen LogP contribution in [0.15, 0.2) is 78.9 Å². The van der Waals surface area contributed by atoms with E-state index < -0.39 is 0 Å². The summed E-state index contributed by atoms with van der Waals surface area (Å²) in [6.07, 6.45) is 2.15. The molecule has 0 nitrogen and oxygen atoms in total. The Labute approximate surface area is 146 Å². The zero-order valence-electron chi connectivity index (χ0n) is 14.9. The first-order valence-corrected chi connectivity index (χ1v) is 8.92. The summed E-state index contributed by atoms with van der Waals surface area (Å²) in [5, 5.41) is 0. The van der Waals surface area contributed by atoms with Gasteiger partial charge in [-0.25, -0.2) is 0 Å². The van der Waals surface area contributed by atoms with Gasteiger partial charge >= 0.3 is 0 Å². The smallest absolute Gasteiger partial charge is 0.0423 e. The van der Waals surface area contributed by atoms with E-state index in [2.05, 4.69) is 99.6 Å². The fraction of sp³-hybridized carbons (Fsp3) is 0.250. The van der Waals surface area contributed by atoms with Crippen LogP contribution in [0.25, 0.3) is 0 Å². The molecule has 0 aromatic heterocycles. The molecule has 3 rings (SSSR count). The van der Waals surface area contributed by atoms with Gasteiger partial charge < -0.3 is 0 Å². The van der Waals surface area contributed by atoms with Crippen LogP contribution < -0.4 is 0 Å². The van der Waals surface area contributed by atoms with Crippen molar-refractivity contribution in [2.45, 2.75) is 39.0 Å². The van der Waals surface area contributed by atoms with Crippen LogP contribution in [0, 0.1) is 0 Å². The lowest BCUT2D eigenvalue weighted by Gasteiger charge is -2.32. The summed E-state index contributed by atoms with van der Waals surface area (Å²) in [4.78, 5) is 0. The molecule has 0 aliphatic carbocycles. The van der Waals surface area contributed by atoms with E-state index in [0.29, 0.717) is 0 Å². The molecule has 0 amide bonds. The number of hydrogen-bond donors (Lipinski definition) is 0. The molecule has 0 radical (unpaired) electrons. The van der Waals surface area contributed by atoms with Crippen LogP contribution >= 0.6 is 0 Å². The van der Waals surface area contributed by atoms with Crippen LogP contribution in [0.1, 0.15) is 48.6 Å². The maximum Gasteiger partial charge on any atom is 0.0423 e. The average Bonchev–Trinajstić information content (AvgIpc) is 2.68. The second-order valence-electron chi connectivity index (χ2n) is 6.59. The maximum atomic E-state index is 2.34. The molecule has 3 aromatic carbocycles. The number of rotatable bonds is 5. The number of hydrogen-bond acceptors (Lipinski definition) is 0. The van der Waals surface area contributed by atoms with Gasteiger partial charge in [-0.1, -0.05) is 92.7 Å². The van der Waals surface area contributed by atoms with Crippen molar-refractivity contribution in [3.8, 4) is 0 Å². The number of aryl methyl sites for hydroxylation is 2. The molecule has 0 saturated carbocycles. The fourth-order valence-corrected chi connectivity index (χ4v) is 3.42. The molecular weight excluding hydrogens is 288 g/mol. The predicted molar refractivity (Wildman–Crippen MR) is 104 cm³/mol. The lowest BCUT2D eigenvalue weighted by atomic mass is 9.71. The molecule has 0 aliphatic heterocycles. The molecule has 3 aromatic rings. The van der Waals surface area contributed by atoms with E-state index in [1.807, 2.05) is 0 Å². The standard InChI is InChI=1S/C24H26/c1-4-19-11-15-22(16-12-19)24(3,21-9-7-6-8-10-21)23-17-13-20(5-2)14-18-23/h6-18H,4-5H2,1-3H3. The zero-order valence-corrected chi connectivity index (χ0v) is 14.9. The van der Waals surface area contributed by atoms with Gasteiger partial charge in [0.2, 0.25) is 0 Å². The summed E-state index contributed by atoms with van der Waals surface area (Å²) in [5.74, 6) is 0. The SMILES string of the molecule is CCc1ccc(C(C)(c2ccccc2)c2ccc(CC)cc2)cc1. The van der Waals surface area contributed by atoms with Crippen molar-refractivity contribution in [2.75, 3.05) is 0 Å². The summed E-state index contributed by atoms with van der Waals surface area (Å²) in [7, 11) is 0. The van der Waals surface area contributed by atoms with Gasteiger partial charge in [0.1, 0.15) is 0 Å². The summed E-state index contributed by atoms with van der Waals surface area (Å²) in [6, 6.07) is 29.0. The van der Waals surface area contributed by atoms with Crippen LogP contribution in [0.4, 0.5) is 0 Å². The molecule has 0 heteroatoms. The first kappa shape index (κ1) is 16.5. The molecule has 0 atom stereocenters. The fourth-order valence-electron chi connectivity index (χ4n) is 3.42. The van der Waals surface area contributed by atoms with Crippen molar-refractivity contribution in [1.29, 1.82) is 0 Å². The molecule has 0 aliphatic rings. The van der Waals surface area contributed by atoms with Gasteiger partial charge in [0.25, 0.3) is 0 Å². The van der Waals surface area contributed by atoms with Crippen molar-refractivity contribution in [3.05, 3.63) is 107 Å². The molecule has 0 saturated heterocycles. The lowest BCUT2D eigenvalue weighted by Crippen LogP contribution is -2.25. The Morgan fingerprint density at radius 2 is 0.917 bits per heavy atom. The molecule has 0 unspecified atom stereocenters.